The third-order valence-corrected chi connectivity index (χ3v) is 3.78. The van der Waals surface area contributed by atoms with Gasteiger partial charge in [0.05, 0.1) is 4.47 Å². The maximum atomic E-state index is 12.1. The van der Waals surface area contributed by atoms with Crippen molar-refractivity contribution < 1.29 is 13.9 Å². The van der Waals surface area contributed by atoms with Gasteiger partial charge in [0.2, 0.25) is 0 Å². The fourth-order valence-electron chi connectivity index (χ4n) is 2.00. The number of carbonyl (C=O) groups excluding carboxylic acids is 1. The largest absolute Gasteiger partial charge is 0.484 e. The van der Waals surface area contributed by atoms with Crippen LogP contribution in [0.4, 0.5) is 5.69 Å². The van der Waals surface area contributed by atoms with Gasteiger partial charge in [-0.3, -0.25) is 4.79 Å². The fraction of sp³-hybridized carbons (Fsp3) is 0.0556. The van der Waals surface area contributed by atoms with Crippen molar-refractivity contribution in [3.63, 3.8) is 0 Å². The molecule has 0 saturated carbocycles. The number of benzene rings is 2. The smallest absolute Gasteiger partial charge is 0.291 e. The molecule has 2 aromatic carbocycles. The van der Waals surface area contributed by atoms with Crippen LogP contribution in [0.5, 0.6) is 5.75 Å². The Kier molecular flexibility index (Phi) is 4.78. The Morgan fingerprint density at radius 1 is 1.00 bits per heavy atom. The highest BCUT2D eigenvalue weighted by molar-refractivity contribution is 9.10. The molecule has 23 heavy (non-hydrogen) atoms. The first-order valence-corrected chi connectivity index (χ1v) is 7.84. The molecular formula is C18H14BrNO3. The van der Waals surface area contributed by atoms with E-state index >= 15 is 0 Å². The Bertz CT molecular complexity index is 799. The van der Waals surface area contributed by atoms with Gasteiger partial charge in [-0.25, -0.2) is 0 Å². The minimum atomic E-state index is -0.289. The summed E-state index contributed by atoms with van der Waals surface area (Å²) in [5.74, 6) is 1.26. The van der Waals surface area contributed by atoms with Gasteiger partial charge in [-0.05, 0) is 52.3 Å². The minimum absolute atomic E-state index is 0.250. The van der Waals surface area contributed by atoms with Crippen LogP contribution in [0.2, 0.25) is 0 Å². The third-order valence-electron chi connectivity index (χ3n) is 3.12. The molecule has 1 aromatic heterocycles. The normalized spacial score (nSPS) is 10.3. The number of hydrogen-bond acceptors (Lipinski definition) is 3. The lowest BCUT2D eigenvalue weighted by molar-refractivity contribution is 0.0992. The van der Waals surface area contributed by atoms with Crippen LogP contribution in [0, 0.1) is 0 Å². The van der Waals surface area contributed by atoms with Crippen molar-refractivity contribution in [2.24, 2.45) is 0 Å². The van der Waals surface area contributed by atoms with E-state index in [4.69, 9.17) is 9.15 Å². The van der Waals surface area contributed by atoms with Crippen LogP contribution in [0.15, 0.2) is 75.6 Å². The number of anilines is 1. The van der Waals surface area contributed by atoms with Crippen LogP contribution in [0.25, 0.3) is 0 Å². The van der Waals surface area contributed by atoms with E-state index < -0.39 is 0 Å². The molecule has 0 unspecified atom stereocenters. The van der Waals surface area contributed by atoms with Crippen molar-refractivity contribution in [1.82, 2.24) is 0 Å². The Labute approximate surface area is 142 Å². The first-order valence-electron chi connectivity index (χ1n) is 7.05. The van der Waals surface area contributed by atoms with E-state index in [2.05, 4.69) is 21.2 Å². The predicted octanol–water partition coefficient (Wildman–Crippen LogP) is 4.87. The number of ether oxygens (including phenoxy) is 1. The average Bonchev–Trinajstić information content (AvgIpc) is 3.04. The molecule has 1 heterocycles. The van der Waals surface area contributed by atoms with Gasteiger partial charge in [0.15, 0.2) is 5.76 Å². The molecule has 0 aliphatic heterocycles. The monoisotopic (exact) mass is 371 g/mol. The van der Waals surface area contributed by atoms with E-state index in [0.717, 1.165) is 15.9 Å². The number of hydrogen-bond donors (Lipinski definition) is 1. The van der Waals surface area contributed by atoms with Crippen molar-refractivity contribution in [2.45, 2.75) is 6.61 Å². The third kappa shape index (κ3) is 4.02. The Balaban J connectivity index is 1.62. The number of rotatable bonds is 5. The predicted molar refractivity (Wildman–Crippen MR) is 91.6 cm³/mol. The fourth-order valence-corrected chi connectivity index (χ4v) is 2.40. The van der Waals surface area contributed by atoms with Crippen LogP contribution in [-0.2, 0) is 6.61 Å². The van der Waals surface area contributed by atoms with E-state index in [1.54, 1.807) is 12.1 Å². The van der Waals surface area contributed by atoms with Crippen LogP contribution in [0.1, 0.15) is 16.3 Å². The van der Waals surface area contributed by atoms with Crippen molar-refractivity contribution in [1.29, 1.82) is 0 Å². The van der Waals surface area contributed by atoms with Crippen molar-refractivity contribution in [3.05, 3.63) is 82.7 Å². The number of para-hydroxylation sites is 2. The first-order chi connectivity index (χ1) is 11.2. The number of nitrogens with one attached hydrogen (secondary N) is 1. The van der Waals surface area contributed by atoms with Crippen LogP contribution < -0.4 is 10.1 Å². The summed E-state index contributed by atoms with van der Waals surface area (Å²) in [6, 6.07) is 20.2. The molecule has 5 heteroatoms. The zero-order chi connectivity index (χ0) is 16.1. The summed E-state index contributed by atoms with van der Waals surface area (Å²) in [5.41, 5.74) is 0.722. The molecule has 0 bridgehead atoms. The molecule has 0 aliphatic rings. The molecule has 3 aromatic rings. The molecule has 0 atom stereocenters. The molecule has 4 nitrogen and oxygen atoms in total. The second kappa shape index (κ2) is 7.15. The topological polar surface area (TPSA) is 51.5 Å². The quantitative estimate of drug-likeness (QED) is 0.695. The lowest BCUT2D eigenvalue weighted by Crippen LogP contribution is -2.10. The van der Waals surface area contributed by atoms with Crippen LogP contribution in [-0.4, -0.2) is 5.91 Å². The summed E-state index contributed by atoms with van der Waals surface area (Å²) in [7, 11) is 0. The van der Waals surface area contributed by atoms with E-state index in [1.807, 2.05) is 54.6 Å². The molecule has 116 valence electrons. The summed E-state index contributed by atoms with van der Waals surface area (Å²) in [4.78, 5) is 12.1. The molecule has 0 fully saturated rings. The van der Waals surface area contributed by atoms with Gasteiger partial charge in [0.25, 0.3) is 5.91 Å². The van der Waals surface area contributed by atoms with Gasteiger partial charge in [-0.15, -0.1) is 0 Å². The summed E-state index contributed by atoms with van der Waals surface area (Å²) in [6.45, 7) is 0.251. The summed E-state index contributed by atoms with van der Waals surface area (Å²) in [5, 5.41) is 2.77. The number of halogens is 1. The lowest BCUT2D eigenvalue weighted by atomic mass is 10.3. The summed E-state index contributed by atoms with van der Waals surface area (Å²) in [6.07, 6.45) is 0. The van der Waals surface area contributed by atoms with Crippen LogP contribution >= 0.6 is 15.9 Å². The van der Waals surface area contributed by atoms with Gasteiger partial charge in [0.1, 0.15) is 18.1 Å². The highest BCUT2D eigenvalue weighted by Crippen LogP contribution is 2.25. The van der Waals surface area contributed by atoms with Gasteiger partial charge < -0.3 is 14.5 Å². The van der Waals surface area contributed by atoms with Gasteiger partial charge in [0, 0.05) is 5.69 Å². The molecule has 1 amide bonds. The van der Waals surface area contributed by atoms with Crippen molar-refractivity contribution in [3.8, 4) is 5.75 Å². The molecule has 0 spiro atoms. The molecule has 3 rings (SSSR count). The molecule has 0 aliphatic carbocycles. The minimum Gasteiger partial charge on any atom is -0.484 e. The average molecular weight is 372 g/mol. The van der Waals surface area contributed by atoms with Crippen molar-refractivity contribution >= 4 is 27.5 Å². The summed E-state index contributed by atoms with van der Waals surface area (Å²) >= 11 is 3.42. The molecule has 0 saturated heterocycles. The van der Waals surface area contributed by atoms with E-state index in [9.17, 15) is 4.79 Å². The zero-order valence-electron chi connectivity index (χ0n) is 12.2. The maximum absolute atomic E-state index is 12.1. The number of carbonyl (C=O) groups is 1. The highest BCUT2D eigenvalue weighted by atomic mass is 79.9. The Morgan fingerprint density at radius 3 is 2.52 bits per heavy atom. The van der Waals surface area contributed by atoms with Crippen molar-refractivity contribution in [2.75, 3.05) is 5.32 Å². The lowest BCUT2D eigenvalue weighted by Gasteiger charge is -2.06. The Morgan fingerprint density at radius 2 is 1.74 bits per heavy atom. The zero-order valence-corrected chi connectivity index (χ0v) is 13.7. The van der Waals surface area contributed by atoms with Crippen LogP contribution in [0.3, 0.4) is 0 Å². The molecule has 0 radical (unpaired) electrons. The van der Waals surface area contributed by atoms with E-state index in [0.29, 0.717) is 5.76 Å². The standard InChI is InChI=1S/C18H14BrNO3/c19-15-8-4-5-9-16(15)22-12-14-10-11-17(23-14)18(21)20-13-6-2-1-3-7-13/h1-11H,12H2,(H,20,21). The molecule has 1 N–H and O–H groups in total. The van der Waals surface area contributed by atoms with Gasteiger partial charge in [-0.2, -0.15) is 0 Å². The highest BCUT2D eigenvalue weighted by Gasteiger charge is 2.12. The Hall–Kier alpha value is -2.53. The van der Waals surface area contributed by atoms with Gasteiger partial charge in [-0.1, -0.05) is 30.3 Å². The van der Waals surface area contributed by atoms with E-state index in [-0.39, 0.29) is 18.3 Å². The number of amides is 1. The first kappa shape index (κ1) is 15.4. The maximum Gasteiger partial charge on any atom is 0.291 e. The van der Waals surface area contributed by atoms with E-state index in [1.165, 1.54) is 0 Å². The summed E-state index contributed by atoms with van der Waals surface area (Å²) < 4.78 is 12.1. The molecular weight excluding hydrogens is 358 g/mol. The second-order valence-electron chi connectivity index (χ2n) is 4.81. The number of furan rings is 1. The second-order valence-corrected chi connectivity index (χ2v) is 5.66. The van der Waals surface area contributed by atoms with Gasteiger partial charge >= 0.3 is 0 Å². The SMILES string of the molecule is O=C(Nc1ccccc1)c1ccc(COc2ccccc2Br)o1.